The Bertz CT molecular complexity index is 1020. The highest BCUT2D eigenvalue weighted by Gasteiger charge is 2.14. The van der Waals surface area contributed by atoms with Gasteiger partial charge in [0.1, 0.15) is 0 Å². The van der Waals surface area contributed by atoms with Crippen molar-refractivity contribution in [1.29, 1.82) is 0 Å². The number of hydrogen-bond donors (Lipinski definition) is 2. The van der Waals surface area contributed by atoms with Crippen molar-refractivity contribution in [3.8, 4) is 0 Å². The predicted molar refractivity (Wildman–Crippen MR) is 100 cm³/mol. The molecule has 0 fully saturated rings. The number of hydrogen-bond acceptors (Lipinski definition) is 4. The minimum Gasteiger partial charge on any atom is -0.351 e. The lowest BCUT2D eigenvalue weighted by Crippen LogP contribution is -2.25. The summed E-state index contributed by atoms with van der Waals surface area (Å²) in [5, 5.41) is 9.10. The topological polar surface area (TPSA) is 89.3 Å². The fourth-order valence-electron chi connectivity index (χ4n) is 2.64. The lowest BCUT2D eigenvalue weighted by Gasteiger charge is -2.06. The summed E-state index contributed by atoms with van der Waals surface area (Å²) in [6, 6.07) is 14.3. The summed E-state index contributed by atoms with van der Waals surface area (Å²) in [5.41, 5.74) is 1.93. The number of carbonyl (C=O) groups excluding carboxylic acids is 1. The SMILES string of the molecule is Cc1c(C(=O)NCCc2ccc(S(N)(=O)=O)cc2)sc2ccccc12. The molecule has 0 radical (unpaired) electrons. The molecule has 1 aromatic heterocycles. The number of nitrogens with one attached hydrogen (secondary N) is 1. The maximum absolute atomic E-state index is 12.4. The molecule has 0 aliphatic heterocycles. The average molecular weight is 374 g/mol. The number of aryl methyl sites for hydroxylation is 1. The van der Waals surface area contributed by atoms with Gasteiger partial charge in [0.05, 0.1) is 9.77 Å². The van der Waals surface area contributed by atoms with Crippen LogP contribution in [-0.4, -0.2) is 20.9 Å². The van der Waals surface area contributed by atoms with Gasteiger partial charge < -0.3 is 5.32 Å². The van der Waals surface area contributed by atoms with Gasteiger partial charge >= 0.3 is 0 Å². The molecule has 1 heterocycles. The van der Waals surface area contributed by atoms with Gasteiger partial charge in [0.25, 0.3) is 5.91 Å². The molecule has 3 aromatic rings. The molecule has 0 saturated carbocycles. The van der Waals surface area contributed by atoms with Crippen LogP contribution >= 0.6 is 11.3 Å². The maximum Gasteiger partial charge on any atom is 0.261 e. The molecular weight excluding hydrogens is 356 g/mol. The lowest BCUT2D eigenvalue weighted by atomic mass is 10.1. The van der Waals surface area contributed by atoms with Crippen molar-refractivity contribution in [1.82, 2.24) is 5.32 Å². The van der Waals surface area contributed by atoms with Gasteiger partial charge in [-0.1, -0.05) is 30.3 Å². The van der Waals surface area contributed by atoms with Crippen LogP contribution in [-0.2, 0) is 16.4 Å². The second-order valence-corrected chi connectivity index (χ2v) is 8.36. The highest BCUT2D eigenvalue weighted by atomic mass is 32.2. The predicted octanol–water partition coefficient (Wildman–Crippen LogP) is 2.83. The van der Waals surface area contributed by atoms with E-state index in [1.165, 1.54) is 23.5 Å². The normalized spacial score (nSPS) is 11.6. The molecule has 3 N–H and O–H groups in total. The monoisotopic (exact) mass is 374 g/mol. The van der Waals surface area contributed by atoms with Crippen molar-refractivity contribution < 1.29 is 13.2 Å². The van der Waals surface area contributed by atoms with Gasteiger partial charge in [-0.05, 0) is 48.1 Å². The van der Waals surface area contributed by atoms with Crippen LogP contribution in [0.4, 0.5) is 0 Å². The zero-order valence-corrected chi connectivity index (χ0v) is 15.3. The van der Waals surface area contributed by atoms with Crippen LogP contribution in [0.15, 0.2) is 53.4 Å². The highest BCUT2D eigenvalue weighted by molar-refractivity contribution is 7.89. The van der Waals surface area contributed by atoms with Crippen molar-refractivity contribution >= 4 is 37.4 Å². The van der Waals surface area contributed by atoms with Crippen LogP contribution in [0.3, 0.4) is 0 Å². The van der Waals surface area contributed by atoms with Gasteiger partial charge in [0.2, 0.25) is 10.0 Å². The second-order valence-electron chi connectivity index (χ2n) is 5.75. The first-order valence-electron chi connectivity index (χ1n) is 7.74. The van der Waals surface area contributed by atoms with Gasteiger partial charge in [-0.25, -0.2) is 13.6 Å². The van der Waals surface area contributed by atoms with E-state index in [2.05, 4.69) is 5.32 Å². The van der Waals surface area contributed by atoms with Gasteiger partial charge in [-0.3, -0.25) is 4.79 Å². The first-order valence-corrected chi connectivity index (χ1v) is 10.1. The van der Waals surface area contributed by atoms with E-state index < -0.39 is 10.0 Å². The first kappa shape index (κ1) is 17.6. The molecule has 130 valence electrons. The Morgan fingerprint density at radius 2 is 1.80 bits per heavy atom. The number of primary sulfonamides is 1. The summed E-state index contributed by atoms with van der Waals surface area (Å²) in [6.45, 7) is 2.43. The molecule has 0 aliphatic rings. The minimum absolute atomic E-state index is 0.0835. The Hall–Kier alpha value is -2.22. The zero-order valence-electron chi connectivity index (χ0n) is 13.7. The fraction of sp³-hybridized carbons (Fsp3) is 0.167. The van der Waals surface area contributed by atoms with Crippen LogP contribution in [0.25, 0.3) is 10.1 Å². The number of carbonyl (C=O) groups is 1. The average Bonchev–Trinajstić information content (AvgIpc) is 2.92. The lowest BCUT2D eigenvalue weighted by molar-refractivity contribution is 0.0957. The molecule has 5 nitrogen and oxygen atoms in total. The van der Waals surface area contributed by atoms with Crippen LogP contribution in [0, 0.1) is 6.92 Å². The molecule has 0 saturated heterocycles. The molecule has 3 rings (SSSR count). The van der Waals surface area contributed by atoms with E-state index in [0.29, 0.717) is 13.0 Å². The molecule has 0 unspecified atom stereocenters. The van der Waals surface area contributed by atoms with E-state index in [-0.39, 0.29) is 10.8 Å². The van der Waals surface area contributed by atoms with E-state index in [0.717, 1.165) is 26.1 Å². The van der Waals surface area contributed by atoms with Crippen molar-refractivity contribution in [2.75, 3.05) is 6.54 Å². The molecule has 0 spiro atoms. The van der Waals surface area contributed by atoms with Gasteiger partial charge in [0.15, 0.2) is 0 Å². The Labute approximate surface area is 150 Å². The number of benzene rings is 2. The number of nitrogens with two attached hydrogens (primary N) is 1. The number of sulfonamides is 1. The summed E-state index contributed by atoms with van der Waals surface area (Å²) in [7, 11) is -3.68. The maximum atomic E-state index is 12.4. The van der Waals surface area contributed by atoms with E-state index >= 15 is 0 Å². The Morgan fingerprint density at radius 3 is 2.44 bits per heavy atom. The summed E-state index contributed by atoms with van der Waals surface area (Å²) in [5.74, 6) is -0.0835. The minimum atomic E-state index is -3.68. The molecule has 2 aromatic carbocycles. The largest absolute Gasteiger partial charge is 0.351 e. The van der Waals surface area contributed by atoms with Gasteiger partial charge in [0, 0.05) is 11.2 Å². The first-order chi connectivity index (χ1) is 11.9. The highest BCUT2D eigenvalue weighted by Crippen LogP contribution is 2.30. The third-order valence-electron chi connectivity index (χ3n) is 4.00. The van der Waals surface area contributed by atoms with E-state index in [1.54, 1.807) is 12.1 Å². The van der Waals surface area contributed by atoms with Gasteiger partial charge in [-0.15, -0.1) is 11.3 Å². The second kappa shape index (κ2) is 6.95. The molecule has 0 atom stereocenters. The van der Waals surface area contributed by atoms with Crippen molar-refractivity contribution in [2.24, 2.45) is 5.14 Å². The Morgan fingerprint density at radius 1 is 1.12 bits per heavy atom. The van der Waals surface area contributed by atoms with Crippen molar-refractivity contribution in [3.05, 3.63) is 64.5 Å². The summed E-state index contributed by atoms with van der Waals surface area (Å²) in [4.78, 5) is 13.2. The quantitative estimate of drug-likeness (QED) is 0.720. The van der Waals surface area contributed by atoms with Crippen LogP contribution in [0.1, 0.15) is 20.8 Å². The molecule has 0 bridgehead atoms. The molecular formula is C18H18N2O3S2. The van der Waals surface area contributed by atoms with Crippen LogP contribution in [0.5, 0.6) is 0 Å². The van der Waals surface area contributed by atoms with Crippen LogP contribution < -0.4 is 10.5 Å². The van der Waals surface area contributed by atoms with E-state index in [1.807, 2.05) is 31.2 Å². The molecule has 25 heavy (non-hydrogen) atoms. The number of amides is 1. The molecule has 0 aliphatic carbocycles. The Kier molecular flexibility index (Phi) is 4.89. The van der Waals surface area contributed by atoms with Gasteiger partial charge in [-0.2, -0.15) is 0 Å². The summed E-state index contributed by atoms with van der Waals surface area (Å²) < 4.78 is 23.6. The fourth-order valence-corrected chi connectivity index (χ4v) is 4.28. The molecule has 7 heteroatoms. The summed E-state index contributed by atoms with van der Waals surface area (Å²) >= 11 is 1.49. The standard InChI is InChI=1S/C18H18N2O3S2/c1-12-15-4-2-3-5-16(15)24-17(12)18(21)20-11-10-13-6-8-14(9-7-13)25(19,22)23/h2-9H,10-11H2,1H3,(H,20,21)(H2,19,22,23). The summed E-state index contributed by atoms with van der Waals surface area (Å²) in [6.07, 6.45) is 0.612. The van der Waals surface area contributed by atoms with E-state index in [9.17, 15) is 13.2 Å². The number of fused-ring (bicyclic) bond motifs is 1. The Balaban J connectivity index is 1.63. The third kappa shape index (κ3) is 3.89. The van der Waals surface area contributed by atoms with Crippen LogP contribution in [0.2, 0.25) is 0 Å². The van der Waals surface area contributed by atoms with Crippen molar-refractivity contribution in [2.45, 2.75) is 18.2 Å². The zero-order chi connectivity index (χ0) is 18.0. The third-order valence-corrected chi connectivity index (χ3v) is 6.20. The number of rotatable bonds is 5. The number of thiophene rings is 1. The smallest absolute Gasteiger partial charge is 0.261 e. The van der Waals surface area contributed by atoms with Crippen molar-refractivity contribution in [3.63, 3.8) is 0 Å². The van der Waals surface area contributed by atoms with E-state index in [4.69, 9.17) is 5.14 Å². The molecule has 1 amide bonds.